The van der Waals surface area contributed by atoms with Gasteiger partial charge in [-0.15, -0.1) is 0 Å². The molecule has 2 aromatic carbocycles. The van der Waals surface area contributed by atoms with Crippen LogP contribution in [0.2, 0.25) is 0 Å². The second-order valence-corrected chi connectivity index (χ2v) is 5.35. The first-order chi connectivity index (χ1) is 9.92. The normalized spacial score (nSPS) is 19.3. The first-order valence-corrected chi connectivity index (χ1v) is 7.35. The van der Waals surface area contributed by atoms with E-state index in [1.54, 1.807) is 0 Å². The topological polar surface area (TPSA) is 12.5 Å². The average molecular weight is 267 g/mol. The van der Waals surface area contributed by atoms with Gasteiger partial charge >= 0.3 is 0 Å². The lowest BCUT2D eigenvalue weighted by molar-refractivity contribution is -0.0487. The Balaban J connectivity index is 1.56. The molecule has 3 rings (SSSR count). The molecule has 1 aliphatic rings. The van der Waals surface area contributed by atoms with Crippen LogP contribution in [0.1, 0.15) is 24.0 Å². The minimum atomic E-state index is 0.260. The van der Waals surface area contributed by atoms with Crippen molar-refractivity contribution in [3.63, 3.8) is 0 Å². The predicted molar refractivity (Wildman–Crippen MR) is 81.1 cm³/mol. The van der Waals surface area contributed by atoms with Gasteiger partial charge in [-0.25, -0.2) is 0 Å². The van der Waals surface area contributed by atoms with Gasteiger partial charge in [0.2, 0.25) is 0 Å². The third kappa shape index (κ3) is 3.47. The zero-order valence-corrected chi connectivity index (χ0v) is 11.7. The largest absolute Gasteiger partial charge is 0.358 e. The maximum atomic E-state index is 6.10. The second-order valence-electron chi connectivity index (χ2n) is 5.35. The minimum Gasteiger partial charge on any atom is -0.358 e. The molecule has 0 aliphatic carbocycles. The Labute approximate surface area is 121 Å². The van der Waals surface area contributed by atoms with Crippen LogP contribution in [0.25, 0.3) is 0 Å². The number of hydrogen-bond donors (Lipinski definition) is 0. The number of nitrogens with zero attached hydrogens (tertiary/aromatic N) is 1. The van der Waals surface area contributed by atoms with Gasteiger partial charge in [-0.3, -0.25) is 4.90 Å². The Morgan fingerprint density at radius 3 is 2.25 bits per heavy atom. The fourth-order valence-corrected chi connectivity index (χ4v) is 2.75. The van der Waals surface area contributed by atoms with Gasteiger partial charge in [0.15, 0.2) is 0 Å². The third-order valence-corrected chi connectivity index (χ3v) is 3.82. The van der Waals surface area contributed by atoms with Crippen molar-refractivity contribution in [1.82, 2.24) is 4.90 Å². The number of ether oxygens (including phenoxy) is 1. The lowest BCUT2D eigenvalue weighted by Crippen LogP contribution is -2.31. The van der Waals surface area contributed by atoms with Crippen molar-refractivity contribution in [1.29, 1.82) is 0 Å². The molecule has 104 valence electrons. The maximum absolute atomic E-state index is 6.10. The van der Waals surface area contributed by atoms with Gasteiger partial charge in [0.25, 0.3) is 0 Å². The fourth-order valence-electron chi connectivity index (χ4n) is 2.75. The molecule has 0 N–H and O–H groups in total. The summed E-state index contributed by atoms with van der Waals surface area (Å²) in [6.45, 7) is 2.82. The Morgan fingerprint density at radius 1 is 0.900 bits per heavy atom. The molecule has 2 aromatic rings. The van der Waals surface area contributed by atoms with E-state index in [1.165, 1.54) is 17.5 Å². The summed E-state index contributed by atoms with van der Waals surface area (Å²) in [5.41, 5.74) is 2.61. The summed E-state index contributed by atoms with van der Waals surface area (Å²) < 4.78 is 6.10. The van der Waals surface area contributed by atoms with Crippen LogP contribution >= 0.6 is 0 Å². The molecule has 2 heteroatoms. The molecule has 1 heterocycles. The highest BCUT2D eigenvalue weighted by Crippen LogP contribution is 2.22. The van der Waals surface area contributed by atoms with E-state index in [9.17, 15) is 0 Å². The molecule has 1 unspecified atom stereocenters. The fraction of sp³-hybridized carbons (Fsp3) is 0.333. The van der Waals surface area contributed by atoms with Crippen molar-refractivity contribution in [2.75, 3.05) is 6.54 Å². The van der Waals surface area contributed by atoms with Gasteiger partial charge in [-0.05, 0) is 24.0 Å². The Morgan fingerprint density at radius 2 is 1.55 bits per heavy atom. The summed E-state index contributed by atoms with van der Waals surface area (Å²) in [7, 11) is 0. The van der Waals surface area contributed by atoms with Gasteiger partial charge in [-0.1, -0.05) is 60.7 Å². The van der Waals surface area contributed by atoms with Gasteiger partial charge < -0.3 is 4.74 Å². The van der Waals surface area contributed by atoms with E-state index in [-0.39, 0.29) is 6.23 Å². The summed E-state index contributed by atoms with van der Waals surface area (Å²) in [5, 5.41) is 0. The van der Waals surface area contributed by atoms with Crippen LogP contribution in [0.4, 0.5) is 0 Å². The zero-order valence-electron chi connectivity index (χ0n) is 11.7. The molecular weight excluding hydrogens is 246 g/mol. The van der Waals surface area contributed by atoms with E-state index in [1.807, 2.05) is 6.07 Å². The smallest absolute Gasteiger partial charge is 0.111 e. The first kappa shape index (κ1) is 13.3. The van der Waals surface area contributed by atoms with Crippen LogP contribution in [0, 0.1) is 0 Å². The lowest BCUT2D eigenvalue weighted by Gasteiger charge is -2.24. The zero-order chi connectivity index (χ0) is 13.6. The van der Waals surface area contributed by atoms with Crippen LogP contribution in [0.3, 0.4) is 0 Å². The van der Waals surface area contributed by atoms with Crippen molar-refractivity contribution in [2.24, 2.45) is 0 Å². The molecule has 20 heavy (non-hydrogen) atoms. The van der Waals surface area contributed by atoms with Gasteiger partial charge in [0.05, 0.1) is 6.61 Å². The second kappa shape index (κ2) is 6.69. The van der Waals surface area contributed by atoms with E-state index < -0.39 is 0 Å². The molecule has 0 spiro atoms. The molecule has 1 saturated heterocycles. The average Bonchev–Trinajstić information content (AvgIpc) is 2.94. The molecule has 1 aliphatic heterocycles. The standard InChI is InChI=1S/C18H21NO/c1-3-8-16(9-4-1)14-19-13-7-12-18(19)20-15-17-10-5-2-6-11-17/h1-6,8-11,18H,7,12-15H2. The molecule has 0 bridgehead atoms. The highest BCUT2D eigenvalue weighted by molar-refractivity contribution is 5.15. The summed E-state index contributed by atoms with van der Waals surface area (Å²) in [6, 6.07) is 21.1. The van der Waals surface area contributed by atoms with Crippen molar-refractivity contribution in [2.45, 2.75) is 32.2 Å². The Kier molecular flexibility index (Phi) is 4.46. The number of rotatable bonds is 5. The molecule has 1 fully saturated rings. The lowest BCUT2D eigenvalue weighted by atomic mass is 10.2. The quantitative estimate of drug-likeness (QED) is 0.816. The van der Waals surface area contributed by atoms with Crippen molar-refractivity contribution < 1.29 is 4.74 Å². The van der Waals surface area contributed by atoms with Crippen molar-refractivity contribution >= 4 is 0 Å². The summed E-state index contributed by atoms with van der Waals surface area (Å²) >= 11 is 0. The highest BCUT2D eigenvalue weighted by Gasteiger charge is 2.24. The van der Waals surface area contributed by atoms with E-state index in [4.69, 9.17) is 4.74 Å². The van der Waals surface area contributed by atoms with Crippen molar-refractivity contribution in [3.8, 4) is 0 Å². The van der Waals surface area contributed by atoms with Crippen molar-refractivity contribution in [3.05, 3.63) is 71.8 Å². The Hall–Kier alpha value is -1.64. The number of benzene rings is 2. The molecule has 0 aromatic heterocycles. The van der Waals surface area contributed by atoms with Gasteiger partial charge in [-0.2, -0.15) is 0 Å². The Bertz CT molecular complexity index is 511. The van der Waals surface area contributed by atoms with Crippen LogP contribution in [0.15, 0.2) is 60.7 Å². The van der Waals surface area contributed by atoms with Gasteiger partial charge in [0, 0.05) is 13.1 Å². The van der Waals surface area contributed by atoms with Gasteiger partial charge in [0.1, 0.15) is 6.23 Å². The summed E-state index contributed by atoms with van der Waals surface area (Å²) in [6.07, 6.45) is 2.63. The molecular formula is C18H21NO. The SMILES string of the molecule is c1ccc(COC2CCCN2Cc2ccccc2)cc1. The molecule has 1 atom stereocenters. The van der Waals surface area contributed by atoms with Crippen LogP contribution in [0.5, 0.6) is 0 Å². The van der Waals surface area contributed by atoms with E-state index in [0.717, 1.165) is 19.5 Å². The van der Waals surface area contributed by atoms with Crippen LogP contribution < -0.4 is 0 Å². The van der Waals surface area contributed by atoms with E-state index in [2.05, 4.69) is 59.5 Å². The summed E-state index contributed by atoms with van der Waals surface area (Å²) in [4.78, 5) is 2.44. The molecule has 0 saturated carbocycles. The third-order valence-electron chi connectivity index (χ3n) is 3.82. The van der Waals surface area contributed by atoms with Crippen LogP contribution in [-0.4, -0.2) is 17.7 Å². The molecule has 2 nitrogen and oxygen atoms in total. The van der Waals surface area contributed by atoms with E-state index >= 15 is 0 Å². The molecule has 0 radical (unpaired) electrons. The maximum Gasteiger partial charge on any atom is 0.111 e. The first-order valence-electron chi connectivity index (χ1n) is 7.35. The summed E-state index contributed by atoms with van der Waals surface area (Å²) in [5.74, 6) is 0. The predicted octanol–water partition coefficient (Wildman–Crippen LogP) is 3.83. The number of likely N-dealkylation sites (tertiary alicyclic amines) is 1. The minimum absolute atomic E-state index is 0.260. The highest BCUT2D eigenvalue weighted by atomic mass is 16.5. The number of hydrogen-bond acceptors (Lipinski definition) is 2. The van der Waals surface area contributed by atoms with Crippen LogP contribution in [-0.2, 0) is 17.9 Å². The van der Waals surface area contributed by atoms with E-state index in [0.29, 0.717) is 6.61 Å². The monoisotopic (exact) mass is 267 g/mol. The molecule has 0 amide bonds.